The van der Waals surface area contributed by atoms with Crippen LogP contribution in [0.3, 0.4) is 0 Å². The number of hydrogen-bond donors (Lipinski definition) is 0. The lowest BCUT2D eigenvalue weighted by atomic mass is 10.2. The molecule has 0 bridgehead atoms. The van der Waals surface area contributed by atoms with E-state index in [0.717, 1.165) is 0 Å². The Morgan fingerprint density at radius 2 is 2.06 bits per heavy atom. The quantitative estimate of drug-likeness (QED) is 0.242. The molecule has 1 fully saturated rings. The Morgan fingerprint density at radius 3 is 2.72 bits per heavy atom. The van der Waals surface area contributed by atoms with E-state index in [2.05, 4.69) is 60.4 Å². The van der Waals surface area contributed by atoms with Gasteiger partial charge in [-0.1, -0.05) is 26.8 Å². The molecule has 3 heterocycles. The highest BCUT2D eigenvalue weighted by molar-refractivity contribution is 6.74. The lowest BCUT2D eigenvalue weighted by Gasteiger charge is -2.37. The van der Waals surface area contributed by atoms with Crippen molar-refractivity contribution in [3.05, 3.63) is 25.3 Å². The van der Waals surface area contributed by atoms with Gasteiger partial charge in [-0.15, -0.1) is 6.58 Å². The Hall–Kier alpha value is -2.14. The topological polar surface area (TPSA) is 86.9 Å². The van der Waals surface area contributed by atoms with Crippen LogP contribution in [0.4, 0.5) is 5.82 Å². The summed E-state index contributed by atoms with van der Waals surface area (Å²) in [5, 5.41) is 0.128. The number of hydrogen-bond acceptors (Lipinski definition) is 7. The van der Waals surface area contributed by atoms with E-state index in [1.54, 1.807) is 18.7 Å². The molecule has 0 N–H and O–H groups in total. The van der Waals surface area contributed by atoms with E-state index in [4.69, 9.17) is 13.9 Å². The molecule has 0 saturated carbocycles. The molecule has 2 aromatic heterocycles. The van der Waals surface area contributed by atoms with Gasteiger partial charge in [0.05, 0.1) is 32.0 Å². The molecule has 1 aliphatic rings. The Kier molecular flexibility index (Phi) is 7.49. The summed E-state index contributed by atoms with van der Waals surface area (Å²) >= 11 is 0. The van der Waals surface area contributed by atoms with Crippen molar-refractivity contribution in [3.8, 4) is 0 Å². The minimum absolute atomic E-state index is 0.103. The van der Waals surface area contributed by atoms with E-state index in [1.165, 1.54) is 6.33 Å². The molecule has 0 aromatic carbocycles. The molecular formula is C22H36N6O3Si. The molecule has 3 atom stereocenters. The molecule has 0 aliphatic carbocycles. The fourth-order valence-electron chi connectivity index (χ4n) is 3.21. The summed E-state index contributed by atoms with van der Waals surface area (Å²) in [7, 11) is 1.90. The summed E-state index contributed by atoms with van der Waals surface area (Å²) in [6, 6.07) is 0. The second kappa shape index (κ2) is 9.78. The first-order chi connectivity index (χ1) is 15.0. The standard InChI is InChI=1S/C22H36N6O3Si/c1-9-10-29-16-11-18(31-17(16)12-30-32(7,8)22(2,3)4)28-15-25-19-20(26-14-27(5)6)23-13-24-21(19)28/h9,13-18H,1,10-12H2,2-8H3/t16?,17-,18-/m1/s1. The van der Waals surface area contributed by atoms with Crippen molar-refractivity contribution >= 4 is 31.6 Å². The zero-order valence-corrected chi connectivity index (χ0v) is 21.3. The van der Waals surface area contributed by atoms with Crippen LogP contribution in [0, 0.1) is 0 Å². The number of aliphatic imine (C=N–C) groups is 1. The smallest absolute Gasteiger partial charge is 0.192 e. The highest BCUT2D eigenvalue weighted by atomic mass is 28.4. The molecule has 32 heavy (non-hydrogen) atoms. The molecule has 2 aromatic rings. The van der Waals surface area contributed by atoms with Crippen LogP contribution in [0.25, 0.3) is 11.2 Å². The second-order valence-corrected chi connectivity index (χ2v) is 14.6. The average Bonchev–Trinajstić information content (AvgIpc) is 3.32. The van der Waals surface area contributed by atoms with Crippen LogP contribution >= 0.6 is 0 Å². The Balaban J connectivity index is 1.82. The van der Waals surface area contributed by atoms with Gasteiger partial charge in [-0.25, -0.2) is 19.9 Å². The molecule has 10 heteroatoms. The predicted octanol–water partition coefficient (Wildman–Crippen LogP) is 3.93. The minimum atomic E-state index is -1.91. The Morgan fingerprint density at radius 1 is 1.31 bits per heavy atom. The van der Waals surface area contributed by atoms with Crippen molar-refractivity contribution in [3.63, 3.8) is 0 Å². The van der Waals surface area contributed by atoms with Crippen LogP contribution in [0.5, 0.6) is 0 Å². The van der Waals surface area contributed by atoms with Crippen molar-refractivity contribution < 1.29 is 13.9 Å². The highest BCUT2D eigenvalue weighted by Gasteiger charge is 2.42. The third-order valence-corrected chi connectivity index (χ3v) is 10.6. The van der Waals surface area contributed by atoms with Gasteiger partial charge in [0.25, 0.3) is 0 Å². The van der Waals surface area contributed by atoms with E-state index in [0.29, 0.717) is 36.6 Å². The molecule has 3 rings (SSSR count). The summed E-state index contributed by atoms with van der Waals surface area (Å²) in [6.07, 6.45) is 6.82. The van der Waals surface area contributed by atoms with Gasteiger partial charge >= 0.3 is 0 Å². The first-order valence-corrected chi connectivity index (χ1v) is 13.8. The van der Waals surface area contributed by atoms with Crippen LogP contribution in [0.15, 0.2) is 30.3 Å². The first kappa shape index (κ1) is 24.5. The number of aromatic nitrogens is 4. The summed E-state index contributed by atoms with van der Waals surface area (Å²) in [6.45, 7) is 15.9. The van der Waals surface area contributed by atoms with Gasteiger partial charge in [-0.3, -0.25) is 4.57 Å². The van der Waals surface area contributed by atoms with E-state index >= 15 is 0 Å². The predicted molar refractivity (Wildman–Crippen MR) is 129 cm³/mol. The van der Waals surface area contributed by atoms with Crippen LogP contribution in [0.1, 0.15) is 33.4 Å². The van der Waals surface area contributed by atoms with Gasteiger partial charge in [0.1, 0.15) is 18.7 Å². The second-order valence-electron chi connectivity index (χ2n) is 9.83. The zero-order valence-electron chi connectivity index (χ0n) is 20.3. The van der Waals surface area contributed by atoms with Crippen LogP contribution in [0.2, 0.25) is 18.1 Å². The summed E-state index contributed by atoms with van der Waals surface area (Å²) in [5.41, 5.74) is 1.32. The maximum Gasteiger partial charge on any atom is 0.192 e. The van der Waals surface area contributed by atoms with Crippen LogP contribution in [-0.4, -0.2) is 78.6 Å². The number of rotatable bonds is 9. The fraction of sp³-hybridized carbons (Fsp3) is 0.636. The monoisotopic (exact) mass is 460 g/mol. The lowest BCUT2D eigenvalue weighted by Crippen LogP contribution is -2.44. The average molecular weight is 461 g/mol. The van der Waals surface area contributed by atoms with E-state index in [-0.39, 0.29) is 23.5 Å². The summed E-state index contributed by atoms with van der Waals surface area (Å²) in [4.78, 5) is 19.5. The van der Waals surface area contributed by atoms with Gasteiger partial charge in [0.2, 0.25) is 0 Å². The summed E-state index contributed by atoms with van der Waals surface area (Å²) in [5.74, 6) is 0.526. The van der Waals surface area contributed by atoms with Gasteiger partial charge in [0.15, 0.2) is 25.3 Å². The molecule has 1 saturated heterocycles. The Labute approximate surface area is 191 Å². The third-order valence-electron chi connectivity index (χ3n) is 6.08. The van der Waals surface area contributed by atoms with Crippen molar-refractivity contribution in [2.45, 2.75) is 63.8 Å². The molecular weight excluding hydrogens is 424 g/mol. The lowest BCUT2D eigenvalue weighted by molar-refractivity contribution is -0.0536. The molecule has 9 nitrogen and oxygen atoms in total. The third kappa shape index (κ3) is 5.43. The fourth-order valence-corrected chi connectivity index (χ4v) is 4.22. The first-order valence-electron chi connectivity index (χ1n) is 10.9. The number of ether oxygens (including phenoxy) is 2. The van der Waals surface area contributed by atoms with Crippen molar-refractivity contribution in [2.24, 2.45) is 4.99 Å². The summed E-state index contributed by atoms with van der Waals surface area (Å²) < 4.78 is 20.8. The maximum atomic E-state index is 6.45. The normalized spacial score (nSPS) is 22.2. The minimum Gasteiger partial charge on any atom is -0.414 e. The molecule has 0 spiro atoms. The number of nitrogens with zero attached hydrogens (tertiary/aromatic N) is 6. The van der Waals surface area contributed by atoms with Crippen molar-refractivity contribution in [2.75, 3.05) is 27.3 Å². The van der Waals surface area contributed by atoms with E-state index in [9.17, 15) is 0 Å². The van der Waals surface area contributed by atoms with Crippen LogP contribution in [-0.2, 0) is 13.9 Å². The van der Waals surface area contributed by atoms with Gasteiger partial charge in [0, 0.05) is 20.5 Å². The van der Waals surface area contributed by atoms with Crippen molar-refractivity contribution in [1.29, 1.82) is 0 Å². The molecule has 0 radical (unpaired) electrons. The van der Waals surface area contributed by atoms with Crippen LogP contribution < -0.4 is 0 Å². The van der Waals surface area contributed by atoms with E-state index < -0.39 is 8.32 Å². The highest BCUT2D eigenvalue weighted by Crippen LogP contribution is 2.38. The SMILES string of the molecule is C=CCOC1C[C@H](n2cnc3c(N=CN(C)C)ncnc32)O[C@@H]1CO[Si](C)(C)C(C)(C)C. The zero-order chi connectivity index (χ0) is 23.5. The molecule has 176 valence electrons. The largest absolute Gasteiger partial charge is 0.414 e. The van der Waals surface area contributed by atoms with Gasteiger partial charge < -0.3 is 18.8 Å². The molecule has 1 aliphatic heterocycles. The van der Waals surface area contributed by atoms with Crippen molar-refractivity contribution in [1.82, 2.24) is 24.4 Å². The number of fused-ring (bicyclic) bond motifs is 1. The number of imidazole rings is 1. The van der Waals surface area contributed by atoms with E-state index in [1.807, 2.05) is 23.6 Å². The maximum absolute atomic E-state index is 6.45. The Bertz CT molecular complexity index is 953. The molecule has 0 amide bonds. The van der Waals surface area contributed by atoms with Gasteiger partial charge in [-0.2, -0.15) is 0 Å². The molecule has 1 unspecified atom stereocenters. The van der Waals surface area contributed by atoms with Gasteiger partial charge in [-0.05, 0) is 18.1 Å².